The van der Waals surface area contributed by atoms with Crippen LogP contribution in [0.15, 0.2) is 22.8 Å². The van der Waals surface area contributed by atoms with Gasteiger partial charge in [-0.15, -0.1) is 0 Å². The molecule has 1 atom stereocenters. The van der Waals surface area contributed by atoms with E-state index in [1.54, 1.807) is 6.26 Å². The number of aromatic nitrogens is 2. The van der Waals surface area contributed by atoms with Crippen molar-refractivity contribution in [3.8, 4) is 0 Å². The third-order valence-electron chi connectivity index (χ3n) is 3.37. The fourth-order valence-corrected chi connectivity index (χ4v) is 2.16. The first-order valence-electron chi connectivity index (χ1n) is 6.49. The number of nitrogens with zero attached hydrogens (tertiary/aromatic N) is 2. The zero-order valence-corrected chi connectivity index (χ0v) is 11.7. The summed E-state index contributed by atoms with van der Waals surface area (Å²) < 4.78 is 5.39. The van der Waals surface area contributed by atoms with E-state index in [9.17, 15) is 0 Å². The summed E-state index contributed by atoms with van der Waals surface area (Å²) in [5.41, 5.74) is 0.879. The van der Waals surface area contributed by atoms with Gasteiger partial charge in [-0.3, -0.25) is 0 Å². The molecule has 1 aliphatic carbocycles. The lowest BCUT2D eigenvalue weighted by Gasteiger charge is -2.15. The van der Waals surface area contributed by atoms with Gasteiger partial charge in [-0.2, -0.15) is 0 Å². The van der Waals surface area contributed by atoms with E-state index in [1.807, 2.05) is 26.0 Å². The quantitative estimate of drug-likeness (QED) is 0.856. The molecule has 0 radical (unpaired) electrons. The highest BCUT2D eigenvalue weighted by Crippen LogP contribution is 2.39. The first-order valence-corrected chi connectivity index (χ1v) is 6.87. The van der Waals surface area contributed by atoms with E-state index in [0.29, 0.717) is 11.1 Å². The lowest BCUT2D eigenvalue weighted by molar-refractivity contribution is 0.490. The van der Waals surface area contributed by atoms with Gasteiger partial charge in [-0.25, -0.2) is 9.97 Å². The highest BCUT2D eigenvalue weighted by molar-refractivity contribution is 6.30. The first kappa shape index (κ1) is 12.5. The summed E-state index contributed by atoms with van der Waals surface area (Å²) in [6.07, 6.45) is 3.99. The second-order valence-corrected chi connectivity index (χ2v) is 5.36. The minimum Gasteiger partial charge on any atom is -0.467 e. The SMILES string of the molecule is Cc1c(Cl)nc(C2CC2)nc1NC(C)c1ccco1. The number of rotatable bonds is 4. The van der Waals surface area contributed by atoms with Crippen LogP contribution in [0.4, 0.5) is 5.82 Å². The van der Waals surface area contributed by atoms with Gasteiger partial charge in [0.25, 0.3) is 0 Å². The van der Waals surface area contributed by atoms with E-state index in [4.69, 9.17) is 16.0 Å². The fourth-order valence-electron chi connectivity index (χ4n) is 1.98. The molecule has 1 fully saturated rings. The Labute approximate surface area is 117 Å². The molecule has 1 saturated carbocycles. The van der Waals surface area contributed by atoms with Crippen molar-refractivity contribution in [3.05, 3.63) is 40.7 Å². The Hall–Kier alpha value is -1.55. The maximum absolute atomic E-state index is 6.18. The smallest absolute Gasteiger partial charge is 0.137 e. The lowest BCUT2D eigenvalue weighted by Crippen LogP contribution is -2.10. The molecule has 0 aliphatic heterocycles. The fraction of sp³-hybridized carbons (Fsp3) is 0.429. The van der Waals surface area contributed by atoms with Crippen LogP contribution in [0.25, 0.3) is 0 Å². The molecule has 5 heteroatoms. The number of halogens is 1. The number of nitrogens with one attached hydrogen (secondary N) is 1. The van der Waals surface area contributed by atoms with Crippen LogP contribution in [0.3, 0.4) is 0 Å². The van der Waals surface area contributed by atoms with Crippen molar-refractivity contribution >= 4 is 17.4 Å². The first-order chi connectivity index (χ1) is 9.15. The van der Waals surface area contributed by atoms with Gasteiger partial charge in [0.15, 0.2) is 0 Å². The number of hydrogen-bond acceptors (Lipinski definition) is 4. The van der Waals surface area contributed by atoms with Crippen LogP contribution in [0.1, 0.15) is 48.9 Å². The van der Waals surface area contributed by atoms with E-state index in [0.717, 1.165) is 35.8 Å². The Morgan fingerprint density at radius 3 is 2.84 bits per heavy atom. The normalized spacial score (nSPS) is 16.4. The molecule has 2 aromatic rings. The van der Waals surface area contributed by atoms with Crippen LogP contribution >= 0.6 is 11.6 Å². The third-order valence-corrected chi connectivity index (χ3v) is 3.74. The van der Waals surface area contributed by atoms with Crippen LogP contribution < -0.4 is 5.32 Å². The summed E-state index contributed by atoms with van der Waals surface area (Å²) in [4.78, 5) is 8.95. The maximum Gasteiger partial charge on any atom is 0.137 e. The summed E-state index contributed by atoms with van der Waals surface area (Å²) >= 11 is 6.18. The molecule has 1 N–H and O–H groups in total. The van der Waals surface area contributed by atoms with Crippen LogP contribution in [0.2, 0.25) is 5.15 Å². The van der Waals surface area contributed by atoms with Gasteiger partial charge in [0.2, 0.25) is 0 Å². The molecule has 19 heavy (non-hydrogen) atoms. The molecule has 0 bridgehead atoms. The highest BCUT2D eigenvalue weighted by atomic mass is 35.5. The third kappa shape index (κ3) is 2.59. The van der Waals surface area contributed by atoms with Crippen LogP contribution in [0.5, 0.6) is 0 Å². The molecule has 0 aromatic carbocycles. The van der Waals surface area contributed by atoms with Gasteiger partial charge >= 0.3 is 0 Å². The largest absolute Gasteiger partial charge is 0.467 e. The topological polar surface area (TPSA) is 51.0 Å². The van der Waals surface area contributed by atoms with Gasteiger partial charge in [0, 0.05) is 11.5 Å². The number of hydrogen-bond donors (Lipinski definition) is 1. The maximum atomic E-state index is 6.18. The minimum absolute atomic E-state index is 0.0479. The zero-order chi connectivity index (χ0) is 13.4. The van der Waals surface area contributed by atoms with E-state index in [-0.39, 0.29) is 6.04 Å². The summed E-state index contributed by atoms with van der Waals surface area (Å²) in [6, 6.07) is 3.87. The molecule has 2 aromatic heterocycles. The van der Waals surface area contributed by atoms with Crippen molar-refractivity contribution in [3.63, 3.8) is 0 Å². The van der Waals surface area contributed by atoms with Crippen molar-refractivity contribution < 1.29 is 4.42 Å². The average Bonchev–Trinajstić information content (AvgIpc) is 3.09. The molecule has 0 saturated heterocycles. The van der Waals surface area contributed by atoms with Gasteiger partial charge in [0.05, 0.1) is 12.3 Å². The Morgan fingerprint density at radius 1 is 1.42 bits per heavy atom. The van der Waals surface area contributed by atoms with Gasteiger partial charge in [-0.05, 0) is 38.8 Å². The van der Waals surface area contributed by atoms with E-state index in [1.165, 1.54) is 0 Å². The summed E-state index contributed by atoms with van der Waals surface area (Å²) in [6.45, 7) is 3.96. The predicted octanol–water partition coefficient (Wildman–Crippen LogP) is 4.08. The Kier molecular flexibility index (Phi) is 3.19. The molecular weight excluding hydrogens is 262 g/mol. The molecule has 4 nitrogen and oxygen atoms in total. The predicted molar refractivity (Wildman–Crippen MR) is 74.5 cm³/mol. The summed E-state index contributed by atoms with van der Waals surface area (Å²) in [5, 5.41) is 3.88. The Bertz CT molecular complexity index is 579. The standard InChI is InChI=1S/C14H16ClN3O/c1-8-12(15)17-14(10-5-6-10)18-13(8)16-9(2)11-4-3-7-19-11/h3-4,7,9-10H,5-6H2,1-2H3,(H,16,17,18). The second-order valence-electron chi connectivity index (χ2n) is 5.00. The molecule has 3 rings (SSSR count). The van der Waals surface area contributed by atoms with Crippen molar-refractivity contribution in [1.82, 2.24) is 9.97 Å². The van der Waals surface area contributed by atoms with Gasteiger partial charge < -0.3 is 9.73 Å². The molecule has 0 amide bonds. The Morgan fingerprint density at radius 2 is 2.21 bits per heavy atom. The second kappa shape index (κ2) is 4.85. The molecule has 100 valence electrons. The van der Waals surface area contributed by atoms with Gasteiger partial charge in [0.1, 0.15) is 22.6 Å². The molecule has 0 spiro atoms. The lowest BCUT2D eigenvalue weighted by atomic mass is 10.2. The van der Waals surface area contributed by atoms with Gasteiger partial charge in [-0.1, -0.05) is 11.6 Å². The van der Waals surface area contributed by atoms with Crippen molar-refractivity contribution in [2.75, 3.05) is 5.32 Å². The highest BCUT2D eigenvalue weighted by Gasteiger charge is 2.28. The Balaban J connectivity index is 1.87. The zero-order valence-electron chi connectivity index (χ0n) is 11.0. The van der Waals surface area contributed by atoms with Crippen LogP contribution in [-0.4, -0.2) is 9.97 Å². The molecule has 1 unspecified atom stereocenters. The van der Waals surface area contributed by atoms with E-state index >= 15 is 0 Å². The average molecular weight is 278 g/mol. The molecule has 1 aliphatic rings. The number of furan rings is 1. The van der Waals surface area contributed by atoms with Crippen LogP contribution in [-0.2, 0) is 0 Å². The monoisotopic (exact) mass is 277 g/mol. The minimum atomic E-state index is 0.0479. The van der Waals surface area contributed by atoms with E-state index < -0.39 is 0 Å². The summed E-state index contributed by atoms with van der Waals surface area (Å²) in [7, 11) is 0. The molecule has 2 heterocycles. The number of anilines is 1. The van der Waals surface area contributed by atoms with Crippen LogP contribution in [0, 0.1) is 6.92 Å². The molecular formula is C14H16ClN3O. The van der Waals surface area contributed by atoms with Crippen molar-refractivity contribution in [2.24, 2.45) is 0 Å². The van der Waals surface area contributed by atoms with E-state index in [2.05, 4.69) is 15.3 Å². The van der Waals surface area contributed by atoms with Crippen molar-refractivity contribution in [1.29, 1.82) is 0 Å². The van der Waals surface area contributed by atoms with Crippen molar-refractivity contribution in [2.45, 2.75) is 38.6 Å². The summed E-state index contributed by atoms with van der Waals surface area (Å²) in [5.74, 6) is 3.01.